The molecule has 0 heterocycles. The second kappa shape index (κ2) is 20.9. The van der Waals surface area contributed by atoms with Crippen molar-refractivity contribution in [3.8, 4) is 22.3 Å². The molecular formula is C67H65B. The van der Waals surface area contributed by atoms with Gasteiger partial charge < -0.3 is 0 Å². The van der Waals surface area contributed by atoms with E-state index in [1.165, 1.54) is 112 Å². The first-order valence-corrected chi connectivity index (χ1v) is 25.1. The minimum Gasteiger partial charge on any atom is -0.0990 e. The van der Waals surface area contributed by atoms with E-state index in [1.807, 2.05) is 6.08 Å². The molecule has 0 N–H and O–H groups in total. The van der Waals surface area contributed by atoms with Crippen molar-refractivity contribution in [1.29, 1.82) is 0 Å². The Kier molecular flexibility index (Phi) is 14.2. The first kappa shape index (κ1) is 46.2. The number of hydrogen-bond donors (Lipinski definition) is 0. The average molecular weight is 881 g/mol. The van der Waals surface area contributed by atoms with Gasteiger partial charge in [0.2, 0.25) is 6.71 Å². The summed E-state index contributed by atoms with van der Waals surface area (Å²) in [5.41, 5.74) is 25.4. The highest BCUT2D eigenvalue weighted by Gasteiger charge is 2.35. The van der Waals surface area contributed by atoms with Crippen LogP contribution < -0.4 is 16.4 Å². The zero-order valence-electron chi connectivity index (χ0n) is 41.1. The molecule has 0 spiro atoms. The Morgan fingerprint density at radius 1 is 0.618 bits per heavy atom. The van der Waals surface area contributed by atoms with E-state index in [0.29, 0.717) is 0 Å². The van der Waals surface area contributed by atoms with Crippen molar-refractivity contribution in [1.82, 2.24) is 0 Å². The molecule has 0 atom stereocenters. The fraction of sp³-hybridized carbons (Fsp3) is 0.194. The third kappa shape index (κ3) is 8.96. The summed E-state index contributed by atoms with van der Waals surface area (Å²) in [5, 5.41) is 2.73. The molecule has 7 aromatic rings. The van der Waals surface area contributed by atoms with Crippen LogP contribution in [0.2, 0.25) is 0 Å². The van der Waals surface area contributed by atoms with E-state index in [4.69, 9.17) is 0 Å². The summed E-state index contributed by atoms with van der Waals surface area (Å²) < 4.78 is 0. The SMILES string of the molecule is C=C/C=C(\C=C/C)C(/C)=C/C=C(\C)c1cccc(B(c2ccc3c4c(c5c(c3c2)C=CCC5)CCC=C4)c2cccc(C3c4ccccc4-c4ccccc43)c2-c2ccccc2C)c1.CCCC. The van der Waals surface area contributed by atoms with Gasteiger partial charge in [-0.3, -0.25) is 0 Å². The maximum atomic E-state index is 3.96. The van der Waals surface area contributed by atoms with Crippen LogP contribution in [0.5, 0.6) is 0 Å². The van der Waals surface area contributed by atoms with E-state index < -0.39 is 0 Å². The van der Waals surface area contributed by atoms with Crippen LogP contribution in [0.4, 0.5) is 0 Å². The maximum absolute atomic E-state index is 3.96. The van der Waals surface area contributed by atoms with Crippen molar-refractivity contribution in [2.45, 2.75) is 86.0 Å². The van der Waals surface area contributed by atoms with Crippen LogP contribution in [0.3, 0.4) is 0 Å². The number of rotatable bonds is 11. The first-order chi connectivity index (χ1) is 33.4. The second-order valence-corrected chi connectivity index (χ2v) is 18.8. The number of hydrogen-bond acceptors (Lipinski definition) is 0. The van der Waals surface area contributed by atoms with E-state index in [0.717, 1.165) is 31.3 Å². The molecule has 3 aliphatic rings. The number of fused-ring (bicyclic) bond motifs is 9. The van der Waals surface area contributed by atoms with Gasteiger partial charge in [-0.25, -0.2) is 0 Å². The molecule has 0 bridgehead atoms. The van der Waals surface area contributed by atoms with Crippen molar-refractivity contribution in [3.63, 3.8) is 0 Å². The van der Waals surface area contributed by atoms with Crippen LogP contribution in [0.1, 0.15) is 116 Å². The zero-order valence-corrected chi connectivity index (χ0v) is 41.1. The van der Waals surface area contributed by atoms with Crippen LogP contribution in [0.25, 0.3) is 50.8 Å². The Morgan fingerprint density at radius 3 is 1.87 bits per heavy atom. The van der Waals surface area contributed by atoms with Crippen molar-refractivity contribution in [2.24, 2.45) is 0 Å². The summed E-state index contributed by atoms with van der Waals surface area (Å²) in [5.74, 6) is 0.101. The van der Waals surface area contributed by atoms with Crippen molar-refractivity contribution in [3.05, 3.63) is 250 Å². The fourth-order valence-corrected chi connectivity index (χ4v) is 11.0. The number of allylic oxidation sites excluding steroid dienone is 11. The van der Waals surface area contributed by atoms with E-state index >= 15 is 0 Å². The van der Waals surface area contributed by atoms with Gasteiger partial charge in [-0.1, -0.05) is 244 Å². The molecule has 0 saturated heterocycles. The molecule has 7 aromatic carbocycles. The van der Waals surface area contributed by atoms with Gasteiger partial charge in [-0.2, -0.15) is 0 Å². The molecule has 68 heavy (non-hydrogen) atoms. The normalized spacial score (nSPS) is 14.3. The number of unbranched alkanes of at least 4 members (excludes halogenated alkanes) is 1. The van der Waals surface area contributed by atoms with Gasteiger partial charge in [-0.05, 0) is 153 Å². The molecule has 0 saturated carbocycles. The average Bonchev–Trinajstić information content (AvgIpc) is 3.72. The smallest absolute Gasteiger partial charge is 0.0990 e. The summed E-state index contributed by atoms with van der Waals surface area (Å²) >= 11 is 0. The summed E-state index contributed by atoms with van der Waals surface area (Å²) in [4.78, 5) is 0. The largest absolute Gasteiger partial charge is 0.242 e. The molecule has 0 radical (unpaired) electrons. The quantitative estimate of drug-likeness (QED) is 0.0897. The highest BCUT2D eigenvalue weighted by molar-refractivity contribution is 6.96. The Bertz CT molecular complexity index is 3160. The monoisotopic (exact) mass is 881 g/mol. The van der Waals surface area contributed by atoms with Crippen molar-refractivity contribution in [2.75, 3.05) is 0 Å². The molecule has 0 nitrogen and oxygen atoms in total. The Balaban J connectivity index is 0.00000139. The van der Waals surface area contributed by atoms with Crippen LogP contribution >= 0.6 is 0 Å². The lowest BCUT2D eigenvalue weighted by Gasteiger charge is -2.27. The highest BCUT2D eigenvalue weighted by Crippen LogP contribution is 2.50. The Morgan fingerprint density at radius 2 is 1.22 bits per heavy atom. The van der Waals surface area contributed by atoms with E-state index in [2.05, 4.69) is 236 Å². The van der Waals surface area contributed by atoms with Crippen LogP contribution in [0.15, 0.2) is 200 Å². The first-order valence-electron chi connectivity index (χ1n) is 25.1. The highest BCUT2D eigenvalue weighted by atomic mass is 14.3. The molecule has 0 fully saturated rings. The predicted octanol–water partition coefficient (Wildman–Crippen LogP) is 16.3. The van der Waals surface area contributed by atoms with Crippen LogP contribution in [-0.2, 0) is 12.8 Å². The van der Waals surface area contributed by atoms with Gasteiger partial charge >= 0.3 is 0 Å². The zero-order chi connectivity index (χ0) is 47.1. The van der Waals surface area contributed by atoms with Gasteiger partial charge in [0.15, 0.2) is 0 Å². The van der Waals surface area contributed by atoms with Gasteiger partial charge in [0.05, 0.1) is 0 Å². The molecule has 1 heteroatoms. The van der Waals surface area contributed by atoms with Gasteiger partial charge in [-0.15, -0.1) is 0 Å². The lowest BCUT2D eigenvalue weighted by Crippen LogP contribution is -2.53. The Labute approximate surface area is 407 Å². The molecule has 0 unspecified atom stereocenters. The molecule has 336 valence electrons. The van der Waals surface area contributed by atoms with Gasteiger partial charge in [0, 0.05) is 5.92 Å². The summed E-state index contributed by atoms with van der Waals surface area (Å²) in [7, 11) is 0. The molecule has 0 aliphatic heterocycles. The second-order valence-electron chi connectivity index (χ2n) is 18.8. The fourth-order valence-electron chi connectivity index (χ4n) is 11.0. The third-order valence-electron chi connectivity index (χ3n) is 14.5. The van der Waals surface area contributed by atoms with Gasteiger partial charge in [0.25, 0.3) is 0 Å². The molecule has 3 aliphatic carbocycles. The lowest BCUT2D eigenvalue weighted by molar-refractivity contribution is 0.886. The maximum Gasteiger partial charge on any atom is 0.242 e. The predicted molar refractivity (Wildman–Crippen MR) is 300 cm³/mol. The number of aryl methyl sites for hydroxylation is 1. The summed E-state index contributed by atoms with van der Waals surface area (Å²) in [6.45, 7) is 17.0. The van der Waals surface area contributed by atoms with Crippen LogP contribution in [-0.4, -0.2) is 6.71 Å². The van der Waals surface area contributed by atoms with Crippen molar-refractivity contribution >= 4 is 51.6 Å². The number of benzene rings is 7. The minimum atomic E-state index is -0.0533. The minimum absolute atomic E-state index is 0.0533. The molecule has 10 rings (SSSR count). The topological polar surface area (TPSA) is 0 Å². The van der Waals surface area contributed by atoms with E-state index in [1.54, 1.807) is 11.1 Å². The van der Waals surface area contributed by atoms with Crippen LogP contribution in [0, 0.1) is 6.92 Å². The van der Waals surface area contributed by atoms with E-state index in [-0.39, 0.29) is 12.6 Å². The Hall–Kier alpha value is -6.96. The standard InChI is InChI=1S/C63H55B.C4H10/c1-6-20-45(21-7-2)42(3)36-37-43(4)46-23-18-24-47(40-46)64(48-38-39-56-52-28-11-10-26-50(52)51-27-12-13-31-55(51)60(56)41-48)61-35-19-34-59(63(61)49-25-9-8-22-44(49)5)62-57-32-16-14-29-53(57)54-30-15-17-33-58(54)62;1-3-4-2/h6-9,11,13-25,28-41,62H,1,10,12,26-27H2,2-5H3;3-4H2,1-2H3/b21-7-,42-36+,43-37+,45-20+;. The summed E-state index contributed by atoms with van der Waals surface area (Å²) in [6, 6.07) is 51.1. The summed E-state index contributed by atoms with van der Waals surface area (Å²) in [6.07, 6.45) is 29.3. The van der Waals surface area contributed by atoms with Gasteiger partial charge in [0.1, 0.15) is 0 Å². The molecule has 0 amide bonds. The van der Waals surface area contributed by atoms with Crippen molar-refractivity contribution < 1.29 is 0 Å². The lowest BCUT2D eigenvalue weighted by atomic mass is 9.35. The van der Waals surface area contributed by atoms with E-state index in [9.17, 15) is 0 Å². The third-order valence-corrected chi connectivity index (χ3v) is 14.5. The molecular weight excluding hydrogens is 816 g/mol. The molecule has 0 aromatic heterocycles.